The first kappa shape index (κ1) is 32.6. The number of unbranched alkanes of at least 4 members (excludes halogenated alkanes) is 12. The molecule has 0 radical (unpaired) electrons. The molecule has 2 atom stereocenters. The summed E-state index contributed by atoms with van der Waals surface area (Å²) in [5, 5.41) is 18.8. The predicted octanol–water partition coefficient (Wildman–Crippen LogP) is 6.21. The maximum absolute atomic E-state index is 12.9. The Labute approximate surface area is 204 Å². The van der Waals surface area contributed by atoms with Gasteiger partial charge in [-0.25, -0.2) is 0 Å². The molecule has 0 amide bonds. The van der Waals surface area contributed by atoms with E-state index in [0.717, 1.165) is 12.8 Å². The normalized spacial score (nSPS) is 14.8. The minimum absolute atomic E-state index is 0.150. The number of Topliss-reactive ketones (excluding diaryl/α,β-unsaturated/α-hetero) is 1. The highest BCUT2D eigenvalue weighted by atomic mass is 31.1. The molecule has 0 aromatic carbocycles. The lowest BCUT2D eigenvalue weighted by Gasteiger charge is -2.30. The summed E-state index contributed by atoms with van der Waals surface area (Å²) < 4.78 is 18.9. The van der Waals surface area contributed by atoms with Crippen molar-refractivity contribution in [1.82, 2.24) is 0 Å². The van der Waals surface area contributed by atoms with E-state index in [1.807, 2.05) is 21.1 Å². The van der Waals surface area contributed by atoms with Crippen molar-refractivity contribution in [3.63, 3.8) is 0 Å². The number of hydrogen-bond acceptors (Lipinski definition) is 5. The molecule has 0 fully saturated rings. The highest BCUT2D eigenvalue weighted by molar-refractivity contribution is 7.42. The van der Waals surface area contributed by atoms with E-state index in [1.165, 1.54) is 64.2 Å². The monoisotopic (exact) mass is 491 g/mol. The van der Waals surface area contributed by atoms with E-state index in [-0.39, 0.29) is 13.0 Å². The van der Waals surface area contributed by atoms with Gasteiger partial charge in [-0.2, -0.15) is 0 Å². The predicted molar refractivity (Wildman–Crippen MR) is 138 cm³/mol. The van der Waals surface area contributed by atoms with Crippen LogP contribution >= 0.6 is 8.03 Å². The van der Waals surface area contributed by atoms with Gasteiger partial charge in [0, 0.05) is 6.42 Å². The number of aliphatic hydroxyl groups excluding tert-OH is 1. The van der Waals surface area contributed by atoms with Crippen molar-refractivity contribution in [2.75, 3.05) is 40.9 Å². The summed E-state index contributed by atoms with van der Waals surface area (Å²) in [5.41, 5.74) is -1.25. The fraction of sp³-hybridized carbons (Fsp3) is 0.962. The molecule has 0 rings (SSSR count). The van der Waals surface area contributed by atoms with Crippen LogP contribution in [0.15, 0.2) is 0 Å². The fourth-order valence-electron chi connectivity index (χ4n) is 3.81. The zero-order chi connectivity index (χ0) is 25.4. The molecule has 196 valence electrons. The third-order valence-electron chi connectivity index (χ3n) is 6.47. The highest BCUT2D eigenvalue weighted by Crippen LogP contribution is 2.51. The first-order valence-corrected chi connectivity index (χ1v) is 14.4. The van der Waals surface area contributed by atoms with Gasteiger partial charge in [0.1, 0.15) is 6.54 Å². The number of aliphatic hydroxyl groups is 2. The highest BCUT2D eigenvalue weighted by Gasteiger charge is 2.66. The Morgan fingerprint density at radius 1 is 0.848 bits per heavy atom. The topological polar surface area (TPSA) is 83.8 Å². The van der Waals surface area contributed by atoms with Crippen LogP contribution in [0.1, 0.15) is 111 Å². The van der Waals surface area contributed by atoms with Gasteiger partial charge in [-0.15, -0.1) is 4.52 Å². The van der Waals surface area contributed by atoms with E-state index in [2.05, 4.69) is 6.92 Å². The largest absolute Gasteiger partial charge is 0.553 e. The van der Waals surface area contributed by atoms with Crippen LogP contribution in [0.2, 0.25) is 0 Å². The molecule has 0 saturated carbocycles. The maximum Gasteiger partial charge on any atom is 0.553 e. The molecule has 6 nitrogen and oxygen atoms in total. The summed E-state index contributed by atoms with van der Waals surface area (Å²) in [6.07, 6.45) is 15.9. The Morgan fingerprint density at radius 2 is 1.27 bits per heavy atom. The zero-order valence-electron chi connectivity index (χ0n) is 22.5. The van der Waals surface area contributed by atoms with E-state index in [0.29, 0.717) is 17.4 Å². The van der Waals surface area contributed by atoms with Gasteiger partial charge >= 0.3 is 13.4 Å². The van der Waals surface area contributed by atoms with Gasteiger partial charge in [0.2, 0.25) is 5.78 Å². The van der Waals surface area contributed by atoms with Gasteiger partial charge < -0.3 is 14.7 Å². The first-order chi connectivity index (χ1) is 15.4. The van der Waals surface area contributed by atoms with E-state index in [1.54, 1.807) is 13.8 Å². The van der Waals surface area contributed by atoms with Crippen LogP contribution in [0.4, 0.5) is 0 Å². The number of likely N-dealkylation sites (N-methyl/N-ethyl adjacent to an activating group) is 1. The van der Waals surface area contributed by atoms with Gasteiger partial charge in [-0.3, -0.25) is 4.79 Å². The summed E-state index contributed by atoms with van der Waals surface area (Å²) in [7, 11) is 3.29. The van der Waals surface area contributed by atoms with E-state index in [9.17, 15) is 19.6 Å². The molecule has 0 aliphatic rings. The first-order valence-electron chi connectivity index (χ1n) is 13.2. The van der Waals surface area contributed by atoms with Crippen LogP contribution in [0.5, 0.6) is 0 Å². The van der Waals surface area contributed by atoms with Crippen LogP contribution in [-0.2, 0) is 13.9 Å². The van der Waals surface area contributed by atoms with Crippen molar-refractivity contribution in [3.05, 3.63) is 0 Å². The Bertz CT molecular complexity index is 547. The van der Waals surface area contributed by atoms with Gasteiger partial charge in [0.25, 0.3) is 0 Å². The number of carbonyl (C=O) groups excluding carboxylic acids is 1. The number of carbonyl (C=O) groups is 1. The van der Waals surface area contributed by atoms with Crippen LogP contribution in [0.25, 0.3) is 0 Å². The molecule has 0 aromatic heterocycles. The molecule has 0 aromatic rings. The third-order valence-corrected chi connectivity index (χ3v) is 8.27. The van der Waals surface area contributed by atoms with Crippen LogP contribution in [-0.4, -0.2) is 66.7 Å². The quantitative estimate of drug-likeness (QED) is 0.107. The van der Waals surface area contributed by atoms with Gasteiger partial charge in [0.15, 0.2) is 6.61 Å². The average molecular weight is 492 g/mol. The molecule has 0 bridgehead atoms. The number of quaternary nitrogens is 1. The molecule has 7 heteroatoms. The fourth-order valence-corrected chi connectivity index (χ4v) is 5.12. The van der Waals surface area contributed by atoms with Crippen molar-refractivity contribution >= 4 is 13.8 Å². The summed E-state index contributed by atoms with van der Waals surface area (Å²) in [5.74, 6) is -0.490. The van der Waals surface area contributed by atoms with Gasteiger partial charge in [-0.05, 0) is 24.8 Å². The summed E-state index contributed by atoms with van der Waals surface area (Å²) >= 11 is 0. The summed E-state index contributed by atoms with van der Waals surface area (Å²) in [4.78, 5) is 12.9. The molecule has 0 heterocycles. The van der Waals surface area contributed by atoms with Crippen molar-refractivity contribution < 1.29 is 28.6 Å². The van der Waals surface area contributed by atoms with Crippen molar-refractivity contribution in [3.8, 4) is 0 Å². The van der Waals surface area contributed by atoms with Crippen molar-refractivity contribution in [2.24, 2.45) is 5.41 Å². The third kappa shape index (κ3) is 13.3. The Balaban J connectivity index is 4.31. The number of ketones is 1. The second-order valence-corrected chi connectivity index (χ2v) is 12.7. The minimum Gasteiger partial charge on any atom is -0.396 e. The average Bonchev–Trinajstić information content (AvgIpc) is 2.74. The molecular formula is C26H54NO5P+2. The van der Waals surface area contributed by atoms with E-state index < -0.39 is 31.2 Å². The Morgan fingerprint density at radius 3 is 1.67 bits per heavy atom. The lowest BCUT2D eigenvalue weighted by atomic mass is 9.83. The lowest BCUT2D eigenvalue weighted by Crippen LogP contribution is -2.51. The molecular weight excluding hydrogens is 437 g/mol. The second kappa shape index (κ2) is 17.1. The number of nitrogens with zero attached hydrogens (tertiary/aromatic N) is 1. The SMILES string of the molecule is CCCCCCCCCCCCCCCC(=O)C(O)([P+](=O)OCC[N+](C)(C)C)C(C)(C)CO. The molecule has 0 spiro atoms. The van der Waals surface area contributed by atoms with Crippen LogP contribution < -0.4 is 0 Å². The molecule has 0 aliphatic heterocycles. The second-order valence-electron chi connectivity index (χ2n) is 11.2. The van der Waals surface area contributed by atoms with Crippen molar-refractivity contribution in [2.45, 2.75) is 116 Å². The standard InChI is InChI=1S/C26H54NO5P/c1-7-8-9-10-11-12-13-14-15-16-17-18-19-20-24(29)26(30,25(2,3)23-28)33(31)32-22-21-27(4,5)6/h28,30H,7-23H2,1-6H3/q+2. The van der Waals surface area contributed by atoms with E-state index in [4.69, 9.17) is 4.52 Å². The summed E-state index contributed by atoms with van der Waals surface area (Å²) in [6, 6.07) is 0. The minimum atomic E-state index is -2.67. The molecule has 33 heavy (non-hydrogen) atoms. The number of hydrogen-bond donors (Lipinski definition) is 2. The molecule has 0 saturated heterocycles. The van der Waals surface area contributed by atoms with Crippen LogP contribution in [0.3, 0.4) is 0 Å². The molecule has 2 unspecified atom stereocenters. The zero-order valence-corrected chi connectivity index (χ0v) is 23.4. The maximum atomic E-state index is 12.9. The summed E-state index contributed by atoms with van der Waals surface area (Å²) in [6.45, 7) is 5.69. The Hall–Kier alpha value is -0.390. The Kier molecular flexibility index (Phi) is 16.9. The lowest BCUT2D eigenvalue weighted by molar-refractivity contribution is -0.870. The molecule has 2 N–H and O–H groups in total. The number of rotatable bonds is 22. The van der Waals surface area contributed by atoms with Gasteiger partial charge in [0.05, 0.1) is 33.2 Å². The van der Waals surface area contributed by atoms with Crippen molar-refractivity contribution in [1.29, 1.82) is 0 Å². The van der Waals surface area contributed by atoms with E-state index >= 15 is 0 Å². The van der Waals surface area contributed by atoms with Gasteiger partial charge in [-0.1, -0.05) is 84.0 Å². The van der Waals surface area contributed by atoms with Crippen LogP contribution in [0, 0.1) is 5.41 Å². The molecule has 0 aliphatic carbocycles. The smallest absolute Gasteiger partial charge is 0.396 e.